The molecule has 0 radical (unpaired) electrons. The van der Waals surface area contributed by atoms with Gasteiger partial charge in [-0.05, 0) is 105 Å². The van der Waals surface area contributed by atoms with E-state index in [9.17, 15) is 4.91 Å². The zero-order valence-electron chi connectivity index (χ0n) is 32.4. The van der Waals surface area contributed by atoms with Crippen LogP contribution in [0.3, 0.4) is 0 Å². The molecule has 1 aliphatic rings. The van der Waals surface area contributed by atoms with Crippen LogP contribution >= 0.6 is 24.8 Å². The summed E-state index contributed by atoms with van der Waals surface area (Å²) in [5.41, 5.74) is 22.9. The van der Waals surface area contributed by atoms with E-state index in [-0.39, 0.29) is 43.7 Å². The zero-order chi connectivity index (χ0) is 39.0. The summed E-state index contributed by atoms with van der Waals surface area (Å²) in [4.78, 5) is 18.8. The summed E-state index contributed by atoms with van der Waals surface area (Å²) in [7, 11) is 0. The smallest absolute Gasteiger partial charge is 0.144 e. The normalized spacial score (nSPS) is 12.3. The van der Waals surface area contributed by atoms with Gasteiger partial charge in [-0.1, -0.05) is 26.7 Å². The Hall–Kier alpha value is -4.82. The van der Waals surface area contributed by atoms with Crippen LogP contribution in [0.2, 0.25) is 0 Å². The minimum Gasteiger partial charge on any atom is -0.491 e. The molecule has 13 nitrogen and oxygen atoms in total. The summed E-state index contributed by atoms with van der Waals surface area (Å²) in [6.45, 7) is 12.7. The number of likely N-dealkylation sites (N-methyl/N-ethyl adjacent to an activating group) is 2. The van der Waals surface area contributed by atoms with E-state index < -0.39 is 0 Å². The molecule has 1 aliphatic carbocycles. The number of nitroso groups, excluding NO2 is 1. The standard InChI is InChI=1S/C20H28N4O2.C10H14N2O2.C10H16N2O.2ClH/c1-3-5-12-26-20-14-19(17(21)13-18(20)22)23-15-6-8-16(9-7-15)24(4-2)10-11-25;1-2-12(7-8-13)10-5-3-9(11-14)4-6-10;1-2-3-6-13-10-5-4-8(11)7-9(10)12;;/h6-9,13-14,21,25H,3-5,10-12,22H2,1-2H3;3-6,13H,2,7-8H2,1H3;4-5,7H,2-3,6,11-12H2,1H3;2*1H. The van der Waals surface area contributed by atoms with Crippen molar-refractivity contribution < 1.29 is 19.7 Å². The van der Waals surface area contributed by atoms with Crippen molar-refractivity contribution >= 4 is 70.4 Å². The molecule has 0 fully saturated rings. The van der Waals surface area contributed by atoms with Crippen molar-refractivity contribution in [1.82, 2.24) is 0 Å². The van der Waals surface area contributed by atoms with Gasteiger partial charge in [0, 0.05) is 49.3 Å². The van der Waals surface area contributed by atoms with Crippen molar-refractivity contribution in [3.05, 3.63) is 95.2 Å². The molecule has 0 atom stereocenters. The molecule has 3 aromatic carbocycles. The Morgan fingerprint density at radius 2 is 1.22 bits per heavy atom. The summed E-state index contributed by atoms with van der Waals surface area (Å²) >= 11 is 0. The summed E-state index contributed by atoms with van der Waals surface area (Å²) in [6, 6.07) is 20.1. The Morgan fingerprint density at radius 1 is 0.709 bits per heavy atom. The van der Waals surface area contributed by atoms with Gasteiger partial charge in [0.25, 0.3) is 0 Å². The van der Waals surface area contributed by atoms with E-state index in [0.717, 1.165) is 61.6 Å². The minimum atomic E-state index is 0. The number of rotatable bonds is 18. The van der Waals surface area contributed by atoms with Crippen LogP contribution in [0.4, 0.5) is 34.1 Å². The van der Waals surface area contributed by atoms with Crippen molar-refractivity contribution in [2.45, 2.75) is 53.4 Å². The Bertz CT molecular complexity index is 1640. The Labute approximate surface area is 338 Å². The number of nitrogens with zero attached hydrogens (tertiary/aromatic N) is 4. The number of hydrogen-bond acceptors (Lipinski definition) is 13. The van der Waals surface area contributed by atoms with E-state index in [1.54, 1.807) is 42.5 Å². The largest absolute Gasteiger partial charge is 0.491 e. The predicted molar refractivity (Wildman–Crippen MR) is 234 cm³/mol. The molecule has 0 unspecified atom stereocenters. The summed E-state index contributed by atoms with van der Waals surface area (Å²) < 4.78 is 11.2. The van der Waals surface area contributed by atoms with Gasteiger partial charge in [-0.25, -0.2) is 4.99 Å². The summed E-state index contributed by atoms with van der Waals surface area (Å²) in [6.07, 6.45) is 7.47. The van der Waals surface area contributed by atoms with Crippen molar-refractivity contribution in [2.24, 2.45) is 15.9 Å². The van der Waals surface area contributed by atoms with Gasteiger partial charge in [0.1, 0.15) is 17.2 Å². The second-order valence-electron chi connectivity index (χ2n) is 12.0. The Morgan fingerprint density at radius 3 is 1.67 bits per heavy atom. The highest BCUT2D eigenvalue weighted by molar-refractivity contribution is 6.50. The number of nitrogens with two attached hydrogens (primary N) is 3. The minimum absolute atomic E-state index is 0. The van der Waals surface area contributed by atoms with Crippen LogP contribution in [0.15, 0.2) is 101 Å². The van der Waals surface area contributed by atoms with Crippen molar-refractivity contribution in [3.8, 4) is 5.75 Å². The van der Waals surface area contributed by atoms with Crippen LogP contribution in [0, 0.1) is 10.3 Å². The molecule has 0 aliphatic heterocycles. The predicted octanol–water partition coefficient (Wildman–Crippen LogP) is 7.93. The van der Waals surface area contributed by atoms with Crippen molar-refractivity contribution in [1.29, 1.82) is 5.41 Å². The first-order valence-electron chi connectivity index (χ1n) is 18.2. The number of benzene rings is 3. The van der Waals surface area contributed by atoms with Crippen LogP contribution in [0.25, 0.3) is 0 Å². The fourth-order valence-electron chi connectivity index (χ4n) is 4.94. The number of anilines is 4. The third-order valence-corrected chi connectivity index (χ3v) is 7.96. The number of ether oxygens (including phenoxy) is 2. The molecule has 3 aromatic rings. The van der Waals surface area contributed by atoms with Crippen molar-refractivity contribution in [2.75, 3.05) is 73.9 Å². The third kappa shape index (κ3) is 17.9. The van der Waals surface area contributed by atoms with Crippen LogP contribution < -0.4 is 31.7 Å². The monoisotopic (exact) mass is 802 g/mol. The lowest BCUT2D eigenvalue weighted by Crippen LogP contribution is -2.25. The third-order valence-electron chi connectivity index (χ3n) is 7.96. The quantitative estimate of drug-likeness (QED) is 0.0317. The van der Waals surface area contributed by atoms with Gasteiger partial charge in [0.15, 0.2) is 0 Å². The molecule has 304 valence electrons. The molecule has 0 saturated carbocycles. The van der Waals surface area contributed by atoms with Crippen LogP contribution in [-0.2, 0) is 4.74 Å². The number of nitrogen functional groups attached to an aromatic ring is 2. The average molecular weight is 804 g/mol. The topological polar surface area (TPSA) is 209 Å². The lowest BCUT2D eigenvalue weighted by atomic mass is 10.1. The van der Waals surface area contributed by atoms with Gasteiger partial charge in [0.2, 0.25) is 0 Å². The molecule has 0 amide bonds. The first-order valence-corrected chi connectivity index (χ1v) is 18.2. The number of unbranched alkanes of at least 4 members (excludes halogenated alkanes) is 2. The van der Waals surface area contributed by atoms with Gasteiger partial charge < -0.3 is 46.7 Å². The van der Waals surface area contributed by atoms with Crippen LogP contribution in [-0.4, -0.2) is 74.2 Å². The molecule has 0 heterocycles. The Balaban J connectivity index is 0.000000854. The average Bonchev–Trinajstić information content (AvgIpc) is 3.16. The maximum absolute atomic E-state index is 10.2. The number of allylic oxidation sites excluding steroid dienone is 2. The van der Waals surface area contributed by atoms with E-state index in [2.05, 4.69) is 35.8 Å². The number of aliphatic hydroxyl groups is 2. The second kappa shape index (κ2) is 28.6. The summed E-state index contributed by atoms with van der Waals surface area (Å²) in [5, 5.41) is 28.9. The maximum atomic E-state index is 10.2. The fourth-order valence-corrected chi connectivity index (χ4v) is 4.94. The Kier molecular flexibility index (Phi) is 26.1. The molecule has 15 heteroatoms. The van der Waals surface area contributed by atoms with Crippen LogP contribution in [0.1, 0.15) is 53.4 Å². The molecule has 9 N–H and O–H groups in total. The van der Waals surface area contributed by atoms with E-state index in [1.807, 2.05) is 48.2 Å². The van der Waals surface area contributed by atoms with Gasteiger partial charge >= 0.3 is 0 Å². The summed E-state index contributed by atoms with van der Waals surface area (Å²) in [5.74, 6) is 1.30. The number of aliphatic imine (C=N–C) groups is 1. The van der Waals surface area contributed by atoms with E-state index >= 15 is 0 Å². The maximum Gasteiger partial charge on any atom is 0.144 e. The highest BCUT2D eigenvalue weighted by Crippen LogP contribution is 2.24. The van der Waals surface area contributed by atoms with Gasteiger partial charge in [-0.15, -0.1) is 29.7 Å². The van der Waals surface area contributed by atoms with Crippen molar-refractivity contribution in [3.63, 3.8) is 0 Å². The van der Waals surface area contributed by atoms with Crippen LogP contribution in [0.5, 0.6) is 5.75 Å². The number of hydrogen-bond donors (Lipinski definition) is 6. The second-order valence-corrected chi connectivity index (χ2v) is 12.0. The fraction of sp³-hybridized carbons (Fsp3) is 0.400. The number of aliphatic hydroxyl groups excluding tert-OH is 2. The zero-order valence-corrected chi connectivity index (χ0v) is 34.1. The lowest BCUT2D eigenvalue weighted by molar-refractivity contribution is 0.215. The number of nitrogens with one attached hydrogen (secondary N) is 1. The van der Waals surface area contributed by atoms with Gasteiger partial charge in [-0.2, -0.15) is 0 Å². The molecule has 0 saturated heterocycles. The highest BCUT2D eigenvalue weighted by atomic mass is 35.5. The first kappa shape index (κ1) is 50.2. The molecular weight excluding hydrogens is 743 g/mol. The molecule has 0 aromatic heterocycles. The van der Waals surface area contributed by atoms with E-state index in [1.165, 1.54) is 0 Å². The lowest BCUT2D eigenvalue weighted by Gasteiger charge is -2.22. The molecule has 55 heavy (non-hydrogen) atoms. The van der Waals surface area contributed by atoms with Gasteiger partial charge in [0.05, 0.1) is 54.9 Å². The molecule has 0 spiro atoms. The molecular formula is C40H60Cl2N8O5. The molecule has 0 bridgehead atoms. The molecule has 4 rings (SSSR count). The van der Waals surface area contributed by atoms with E-state index in [4.69, 9.17) is 42.3 Å². The number of halogens is 2. The highest BCUT2D eigenvalue weighted by Gasteiger charge is 2.16. The SMILES string of the molecule is CCCCOC1=CC(=Nc2ccc(N(CC)CCO)cc2)C(=N)C=C1N.CCCCOc1ccc(N)cc1N.CCN(CCO)c1ccc(N=O)cc1.Cl.Cl. The van der Waals surface area contributed by atoms with E-state index in [0.29, 0.717) is 60.5 Å². The van der Waals surface area contributed by atoms with Gasteiger partial charge in [-0.3, -0.25) is 5.41 Å². The first-order chi connectivity index (χ1) is 25.6.